The van der Waals surface area contributed by atoms with Crippen molar-refractivity contribution in [2.24, 2.45) is 11.8 Å². The molecule has 114 valence electrons. The third-order valence-corrected chi connectivity index (χ3v) is 5.02. The molecule has 1 saturated carbocycles. The van der Waals surface area contributed by atoms with Gasteiger partial charge in [-0.05, 0) is 36.8 Å². The van der Waals surface area contributed by atoms with E-state index >= 15 is 0 Å². The fourth-order valence-corrected chi connectivity index (χ4v) is 3.68. The summed E-state index contributed by atoms with van der Waals surface area (Å²) in [6, 6.07) is 11.0. The first-order chi connectivity index (χ1) is 10.2. The van der Waals surface area contributed by atoms with E-state index in [1.165, 1.54) is 5.56 Å². The number of likely N-dealkylation sites (tertiary alicyclic amines) is 1. The third kappa shape index (κ3) is 3.13. The van der Waals surface area contributed by atoms with E-state index in [0.29, 0.717) is 23.8 Å². The Morgan fingerprint density at radius 2 is 2.10 bits per heavy atom. The van der Waals surface area contributed by atoms with E-state index in [-0.39, 0.29) is 5.92 Å². The zero-order valence-electron chi connectivity index (χ0n) is 13.1. The number of amides is 1. The summed E-state index contributed by atoms with van der Waals surface area (Å²) in [5.74, 6) is 1.62. The minimum atomic E-state index is 0.232. The first kappa shape index (κ1) is 14.6. The lowest BCUT2D eigenvalue weighted by Gasteiger charge is -2.37. The Morgan fingerprint density at radius 3 is 2.76 bits per heavy atom. The third-order valence-electron chi connectivity index (χ3n) is 5.02. The van der Waals surface area contributed by atoms with Gasteiger partial charge in [-0.2, -0.15) is 0 Å². The highest BCUT2D eigenvalue weighted by Crippen LogP contribution is 2.48. The molecule has 1 saturated heterocycles. The molecule has 1 aliphatic carbocycles. The molecular weight excluding hydrogens is 260 g/mol. The first-order valence-electron chi connectivity index (χ1n) is 8.27. The molecule has 4 unspecified atom stereocenters. The largest absolute Gasteiger partial charge is 0.342 e. The van der Waals surface area contributed by atoms with E-state index in [0.717, 1.165) is 32.5 Å². The second-order valence-corrected chi connectivity index (χ2v) is 6.57. The molecule has 21 heavy (non-hydrogen) atoms. The predicted octanol–water partition coefficient (Wildman–Crippen LogP) is 2.64. The maximum atomic E-state index is 12.7. The lowest BCUT2D eigenvalue weighted by molar-refractivity contribution is -0.134. The fourth-order valence-electron chi connectivity index (χ4n) is 3.68. The highest BCUT2D eigenvalue weighted by Gasteiger charge is 2.46. The Hall–Kier alpha value is -1.35. The van der Waals surface area contributed by atoms with Crippen LogP contribution in [0.15, 0.2) is 30.3 Å². The number of piperidine rings is 1. The Bertz CT molecular complexity index is 487. The number of hydrogen-bond acceptors (Lipinski definition) is 2. The van der Waals surface area contributed by atoms with Crippen molar-refractivity contribution in [3.63, 3.8) is 0 Å². The van der Waals surface area contributed by atoms with Crippen molar-refractivity contribution in [1.82, 2.24) is 10.2 Å². The molecule has 4 atom stereocenters. The van der Waals surface area contributed by atoms with Crippen molar-refractivity contribution < 1.29 is 4.79 Å². The van der Waals surface area contributed by atoms with Crippen LogP contribution in [0.5, 0.6) is 0 Å². The van der Waals surface area contributed by atoms with Crippen LogP contribution in [-0.4, -0.2) is 36.5 Å². The number of benzene rings is 1. The van der Waals surface area contributed by atoms with Gasteiger partial charge >= 0.3 is 0 Å². The molecular formula is C18H26N2O. The van der Waals surface area contributed by atoms with Crippen LogP contribution in [-0.2, 0) is 4.79 Å². The second kappa shape index (κ2) is 6.18. The second-order valence-electron chi connectivity index (χ2n) is 6.57. The molecule has 1 aromatic carbocycles. The molecule has 0 bridgehead atoms. The molecule has 1 amide bonds. The average Bonchev–Trinajstić information content (AvgIpc) is 3.30. The maximum Gasteiger partial charge on any atom is 0.226 e. The van der Waals surface area contributed by atoms with Gasteiger partial charge in [0.25, 0.3) is 0 Å². The van der Waals surface area contributed by atoms with Gasteiger partial charge < -0.3 is 10.2 Å². The monoisotopic (exact) mass is 286 g/mol. The van der Waals surface area contributed by atoms with Gasteiger partial charge in [-0.25, -0.2) is 0 Å². The van der Waals surface area contributed by atoms with Crippen LogP contribution in [0.4, 0.5) is 0 Å². The van der Waals surface area contributed by atoms with Crippen molar-refractivity contribution in [2.45, 2.75) is 38.6 Å². The van der Waals surface area contributed by atoms with E-state index in [4.69, 9.17) is 0 Å². The first-order valence-corrected chi connectivity index (χ1v) is 8.27. The summed E-state index contributed by atoms with van der Waals surface area (Å²) in [5.41, 5.74) is 1.33. The van der Waals surface area contributed by atoms with Crippen molar-refractivity contribution >= 4 is 5.91 Å². The molecule has 1 aliphatic heterocycles. The summed E-state index contributed by atoms with van der Waals surface area (Å²) < 4.78 is 0. The molecule has 3 nitrogen and oxygen atoms in total. The van der Waals surface area contributed by atoms with E-state index in [2.05, 4.69) is 48.3 Å². The quantitative estimate of drug-likeness (QED) is 0.923. The minimum Gasteiger partial charge on any atom is -0.342 e. The van der Waals surface area contributed by atoms with E-state index in [9.17, 15) is 4.79 Å². The molecule has 2 fully saturated rings. The number of carbonyl (C=O) groups excluding carboxylic acids is 1. The average molecular weight is 286 g/mol. The summed E-state index contributed by atoms with van der Waals surface area (Å²) in [5, 5.41) is 3.54. The van der Waals surface area contributed by atoms with Gasteiger partial charge in [-0.1, -0.05) is 44.2 Å². The minimum absolute atomic E-state index is 0.232. The van der Waals surface area contributed by atoms with Crippen LogP contribution in [0.1, 0.15) is 38.2 Å². The van der Waals surface area contributed by atoms with Crippen molar-refractivity contribution in [3.8, 4) is 0 Å². The summed E-state index contributed by atoms with van der Waals surface area (Å²) >= 11 is 0. The molecule has 0 spiro atoms. The summed E-state index contributed by atoms with van der Waals surface area (Å²) in [6.07, 6.45) is 2.12. The van der Waals surface area contributed by atoms with Crippen LogP contribution in [0.25, 0.3) is 0 Å². The number of nitrogens with one attached hydrogen (secondary N) is 1. The molecule has 2 aliphatic rings. The van der Waals surface area contributed by atoms with Crippen LogP contribution < -0.4 is 5.32 Å². The molecule has 1 N–H and O–H groups in total. The molecule has 1 aromatic rings. The van der Waals surface area contributed by atoms with Crippen LogP contribution in [0.3, 0.4) is 0 Å². The van der Waals surface area contributed by atoms with Gasteiger partial charge in [0.15, 0.2) is 0 Å². The van der Waals surface area contributed by atoms with Gasteiger partial charge in [0.1, 0.15) is 0 Å². The Labute approximate surface area is 127 Å². The number of hydrogen-bond donors (Lipinski definition) is 1. The zero-order valence-corrected chi connectivity index (χ0v) is 13.1. The number of carbonyl (C=O) groups is 1. The van der Waals surface area contributed by atoms with E-state index < -0.39 is 0 Å². The molecule has 0 aromatic heterocycles. The predicted molar refractivity (Wildman–Crippen MR) is 85.1 cm³/mol. The zero-order chi connectivity index (χ0) is 14.8. The van der Waals surface area contributed by atoms with Crippen molar-refractivity contribution in [2.75, 3.05) is 19.6 Å². The lowest BCUT2D eigenvalue weighted by atomic mass is 9.93. The van der Waals surface area contributed by atoms with Crippen LogP contribution >= 0.6 is 0 Å². The summed E-state index contributed by atoms with van der Waals surface area (Å²) in [4.78, 5) is 14.8. The number of nitrogens with zero attached hydrogens (tertiary/aromatic N) is 1. The summed E-state index contributed by atoms with van der Waals surface area (Å²) in [7, 11) is 0. The highest BCUT2D eigenvalue weighted by molar-refractivity contribution is 5.83. The Balaban J connectivity index is 1.56. The summed E-state index contributed by atoms with van der Waals surface area (Å²) in [6.45, 7) is 7.25. The topological polar surface area (TPSA) is 32.3 Å². The van der Waals surface area contributed by atoms with Gasteiger partial charge in [-0.15, -0.1) is 0 Å². The normalized spacial score (nSPS) is 32.0. The van der Waals surface area contributed by atoms with E-state index in [1.54, 1.807) is 0 Å². The van der Waals surface area contributed by atoms with Crippen molar-refractivity contribution in [1.29, 1.82) is 0 Å². The van der Waals surface area contributed by atoms with Crippen molar-refractivity contribution in [3.05, 3.63) is 35.9 Å². The molecule has 1 heterocycles. The molecule has 3 rings (SSSR count). The standard InChI is InChI=1S/C18H26N2O/c1-3-19-17-9-10-20(12-13(17)2)18(21)16-11-15(16)14-7-5-4-6-8-14/h4-8,13,15-17,19H,3,9-12H2,1-2H3. The maximum absolute atomic E-state index is 12.7. The lowest BCUT2D eigenvalue weighted by Crippen LogP contribution is -2.50. The smallest absolute Gasteiger partial charge is 0.226 e. The highest BCUT2D eigenvalue weighted by atomic mass is 16.2. The van der Waals surface area contributed by atoms with E-state index in [1.807, 2.05) is 6.07 Å². The fraction of sp³-hybridized carbons (Fsp3) is 0.611. The Morgan fingerprint density at radius 1 is 1.33 bits per heavy atom. The van der Waals surface area contributed by atoms with Crippen LogP contribution in [0, 0.1) is 11.8 Å². The SMILES string of the molecule is CCNC1CCN(C(=O)C2CC2c2ccccc2)CC1C. The molecule has 0 radical (unpaired) electrons. The van der Waals surface area contributed by atoms with Gasteiger partial charge in [0, 0.05) is 25.0 Å². The van der Waals surface area contributed by atoms with Gasteiger partial charge in [-0.3, -0.25) is 4.79 Å². The number of rotatable bonds is 4. The Kier molecular flexibility index (Phi) is 4.29. The van der Waals surface area contributed by atoms with Crippen LogP contribution in [0.2, 0.25) is 0 Å². The molecule has 3 heteroatoms. The van der Waals surface area contributed by atoms with Gasteiger partial charge in [0.05, 0.1) is 0 Å². The van der Waals surface area contributed by atoms with Gasteiger partial charge in [0.2, 0.25) is 5.91 Å².